The molecule has 1 atom stereocenters. The molecule has 0 aliphatic rings. The molecule has 0 aliphatic carbocycles. The third-order valence-electron chi connectivity index (χ3n) is 2.84. The van der Waals surface area contributed by atoms with E-state index < -0.39 is 0 Å². The Morgan fingerprint density at radius 2 is 2.24 bits per heavy atom. The van der Waals surface area contributed by atoms with Crippen LogP contribution >= 0.6 is 11.6 Å². The summed E-state index contributed by atoms with van der Waals surface area (Å²) in [6, 6.07) is 5.93. The number of nitrogens with zero attached hydrogens (tertiary/aromatic N) is 2. The van der Waals surface area contributed by atoms with Crippen molar-refractivity contribution in [2.45, 2.75) is 19.4 Å². The van der Waals surface area contributed by atoms with Gasteiger partial charge in [0.2, 0.25) is 0 Å². The first-order chi connectivity index (χ1) is 8.06. The van der Waals surface area contributed by atoms with Crippen molar-refractivity contribution < 1.29 is 0 Å². The Kier molecular flexibility index (Phi) is 3.50. The lowest BCUT2D eigenvalue weighted by Gasteiger charge is -2.12. The van der Waals surface area contributed by atoms with Crippen LogP contribution in [0.2, 0.25) is 5.02 Å². The zero-order chi connectivity index (χ0) is 12.4. The van der Waals surface area contributed by atoms with Gasteiger partial charge in [0.25, 0.3) is 0 Å². The number of aromatic nitrogens is 2. The van der Waals surface area contributed by atoms with Crippen molar-refractivity contribution in [3.63, 3.8) is 0 Å². The minimum absolute atomic E-state index is 0.0442. The fourth-order valence-corrected chi connectivity index (χ4v) is 1.98. The third kappa shape index (κ3) is 2.87. The molecular weight excluding hydrogens is 234 g/mol. The number of rotatable bonds is 3. The SMILES string of the molecule is Cc1ccc(C(N)Cc2cnn(C)c2)cc1Cl. The number of nitrogens with two attached hydrogens (primary N) is 1. The molecule has 0 amide bonds. The normalized spacial score (nSPS) is 12.7. The summed E-state index contributed by atoms with van der Waals surface area (Å²) < 4.78 is 1.78. The summed E-state index contributed by atoms with van der Waals surface area (Å²) in [5.74, 6) is 0. The molecule has 2 N–H and O–H groups in total. The molecule has 2 rings (SSSR count). The van der Waals surface area contributed by atoms with Crippen molar-refractivity contribution in [1.82, 2.24) is 9.78 Å². The van der Waals surface area contributed by atoms with Crippen LogP contribution in [0.1, 0.15) is 22.7 Å². The Bertz CT molecular complexity index is 519. The molecule has 0 bridgehead atoms. The average molecular weight is 250 g/mol. The molecule has 17 heavy (non-hydrogen) atoms. The first-order valence-electron chi connectivity index (χ1n) is 5.55. The Labute approximate surface area is 106 Å². The van der Waals surface area contributed by atoms with Crippen LogP contribution in [-0.4, -0.2) is 9.78 Å². The fourth-order valence-electron chi connectivity index (χ4n) is 1.79. The average Bonchev–Trinajstić information content (AvgIpc) is 2.68. The van der Waals surface area contributed by atoms with Gasteiger partial charge in [0, 0.05) is 24.3 Å². The first kappa shape index (κ1) is 12.1. The summed E-state index contributed by atoms with van der Waals surface area (Å²) in [6.45, 7) is 1.98. The van der Waals surface area contributed by atoms with E-state index in [1.54, 1.807) is 4.68 Å². The Balaban J connectivity index is 2.14. The summed E-state index contributed by atoms with van der Waals surface area (Å²) in [5, 5.41) is 4.90. The van der Waals surface area contributed by atoms with Crippen molar-refractivity contribution in [2.24, 2.45) is 12.8 Å². The Morgan fingerprint density at radius 3 is 2.82 bits per heavy atom. The Hall–Kier alpha value is -1.32. The van der Waals surface area contributed by atoms with Gasteiger partial charge in [0.1, 0.15) is 0 Å². The maximum absolute atomic E-state index is 6.16. The molecule has 3 nitrogen and oxygen atoms in total. The molecule has 1 aromatic carbocycles. The van der Waals surface area contributed by atoms with E-state index in [4.69, 9.17) is 17.3 Å². The van der Waals surface area contributed by atoms with Crippen LogP contribution < -0.4 is 5.73 Å². The fraction of sp³-hybridized carbons (Fsp3) is 0.308. The monoisotopic (exact) mass is 249 g/mol. The molecule has 4 heteroatoms. The van der Waals surface area contributed by atoms with Gasteiger partial charge in [-0.05, 0) is 36.1 Å². The third-order valence-corrected chi connectivity index (χ3v) is 3.25. The second kappa shape index (κ2) is 4.90. The molecule has 90 valence electrons. The minimum atomic E-state index is -0.0442. The molecular formula is C13H16ClN3. The highest BCUT2D eigenvalue weighted by Crippen LogP contribution is 2.22. The van der Waals surface area contributed by atoms with Crippen LogP contribution in [0.15, 0.2) is 30.6 Å². The van der Waals surface area contributed by atoms with E-state index in [2.05, 4.69) is 5.10 Å². The lowest BCUT2D eigenvalue weighted by Crippen LogP contribution is -2.13. The van der Waals surface area contributed by atoms with Crippen LogP contribution in [0.25, 0.3) is 0 Å². The van der Waals surface area contributed by atoms with Gasteiger partial charge in [-0.2, -0.15) is 5.10 Å². The predicted molar refractivity (Wildman–Crippen MR) is 70.0 cm³/mol. The van der Waals surface area contributed by atoms with Gasteiger partial charge in [-0.25, -0.2) is 0 Å². The van der Waals surface area contributed by atoms with Gasteiger partial charge in [0.15, 0.2) is 0 Å². The number of hydrogen-bond acceptors (Lipinski definition) is 2. The second-order valence-corrected chi connectivity index (χ2v) is 4.75. The summed E-state index contributed by atoms with van der Waals surface area (Å²) in [4.78, 5) is 0. The maximum atomic E-state index is 6.16. The first-order valence-corrected chi connectivity index (χ1v) is 5.93. The number of halogens is 1. The highest BCUT2D eigenvalue weighted by Gasteiger charge is 2.09. The molecule has 0 saturated carbocycles. The summed E-state index contributed by atoms with van der Waals surface area (Å²) in [6.07, 6.45) is 4.60. The Morgan fingerprint density at radius 1 is 1.47 bits per heavy atom. The van der Waals surface area contributed by atoms with E-state index in [1.807, 2.05) is 44.6 Å². The van der Waals surface area contributed by atoms with Crippen molar-refractivity contribution >= 4 is 11.6 Å². The predicted octanol–water partition coefficient (Wildman–Crippen LogP) is 2.62. The van der Waals surface area contributed by atoms with Crippen LogP contribution in [0.5, 0.6) is 0 Å². The zero-order valence-electron chi connectivity index (χ0n) is 10.0. The van der Waals surface area contributed by atoms with Crippen LogP contribution in [0.4, 0.5) is 0 Å². The molecule has 0 spiro atoms. The van der Waals surface area contributed by atoms with E-state index in [1.165, 1.54) is 0 Å². The van der Waals surface area contributed by atoms with Crippen LogP contribution in [-0.2, 0) is 13.5 Å². The standard InChI is InChI=1S/C13H16ClN3/c1-9-3-4-11(6-12(9)14)13(15)5-10-7-16-17(2)8-10/h3-4,6-8,13H,5,15H2,1-2H3. The van der Waals surface area contributed by atoms with Crippen molar-refractivity contribution in [3.8, 4) is 0 Å². The lowest BCUT2D eigenvalue weighted by atomic mass is 10.0. The van der Waals surface area contributed by atoms with Crippen molar-refractivity contribution in [1.29, 1.82) is 0 Å². The molecule has 0 aliphatic heterocycles. The molecule has 0 saturated heterocycles. The van der Waals surface area contributed by atoms with Gasteiger partial charge in [-0.1, -0.05) is 23.7 Å². The van der Waals surface area contributed by atoms with Gasteiger partial charge in [-0.15, -0.1) is 0 Å². The smallest absolute Gasteiger partial charge is 0.0522 e. The van der Waals surface area contributed by atoms with Crippen molar-refractivity contribution in [3.05, 3.63) is 52.3 Å². The molecule has 1 heterocycles. The van der Waals surface area contributed by atoms with Crippen LogP contribution in [0, 0.1) is 6.92 Å². The summed E-state index contributed by atoms with van der Waals surface area (Å²) in [5.41, 5.74) is 9.43. The van der Waals surface area contributed by atoms with Crippen LogP contribution in [0.3, 0.4) is 0 Å². The largest absolute Gasteiger partial charge is 0.324 e. The summed E-state index contributed by atoms with van der Waals surface area (Å²) >= 11 is 6.09. The molecule has 1 aromatic heterocycles. The number of hydrogen-bond donors (Lipinski definition) is 1. The maximum Gasteiger partial charge on any atom is 0.0522 e. The highest BCUT2D eigenvalue weighted by molar-refractivity contribution is 6.31. The zero-order valence-corrected chi connectivity index (χ0v) is 10.8. The molecule has 0 radical (unpaired) electrons. The van der Waals surface area contributed by atoms with E-state index in [-0.39, 0.29) is 6.04 Å². The minimum Gasteiger partial charge on any atom is -0.324 e. The quantitative estimate of drug-likeness (QED) is 0.909. The van der Waals surface area contributed by atoms with E-state index in [0.717, 1.165) is 28.1 Å². The van der Waals surface area contributed by atoms with E-state index in [9.17, 15) is 0 Å². The van der Waals surface area contributed by atoms with Crippen molar-refractivity contribution in [2.75, 3.05) is 0 Å². The van der Waals surface area contributed by atoms with Gasteiger partial charge in [-0.3, -0.25) is 4.68 Å². The molecule has 1 unspecified atom stereocenters. The van der Waals surface area contributed by atoms with E-state index in [0.29, 0.717) is 0 Å². The molecule has 0 fully saturated rings. The van der Waals surface area contributed by atoms with E-state index >= 15 is 0 Å². The molecule has 2 aromatic rings. The van der Waals surface area contributed by atoms with Gasteiger partial charge >= 0.3 is 0 Å². The summed E-state index contributed by atoms with van der Waals surface area (Å²) in [7, 11) is 1.90. The van der Waals surface area contributed by atoms with Gasteiger partial charge in [0.05, 0.1) is 6.20 Å². The number of benzene rings is 1. The second-order valence-electron chi connectivity index (χ2n) is 4.34. The topological polar surface area (TPSA) is 43.8 Å². The van der Waals surface area contributed by atoms with Gasteiger partial charge < -0.3 is 5.73 Å². The number of aryl methyl sites for hydroxylation is 2. The highest BCUT2D eigenvalue weighted by atomic mass is 35.5. The lowest BCUT2D eigenvalue weighted by molar-refractivity contribution is 0.719.